The van der Waals surface area contributed by atoms with Crippen molar-refractivity contribution in [3.8, 4) is 5.75 Å². The molecule has 1 unspecified atom stereocenters. The molecule has 0 aliphatic carbocycles. The zero-order valence-electron chi connectivity index (χ0n) is 10.5. The van der Waals surface area contributed by atoms with Crippen molar-refractivity contribution in [2.45, 2.75) is 31.7 Å². The van der Waals surface area contributed by atoms with Gasteiger partial charge < -0.3 is 10.1 Å². The number of ether oxygens (including phenoxy) is 1. The molecule has 1 N–H and O–H groups in total. The third-order valence-corrected chi connectivity index (χ3v) is 3.80. The van der Waals surface area contributed by atoms with Crippen LogP contribution < -0.4 is 10.1 Å². The van der Waals surface area contributed by atoms with E-state index in [-0.39, 0.29) is 11.8 Å². The van der Waals surface area contributed by atoms with E-state index in [0.29, 0.717) is 6.42 Å². The van der Waals surface area contributed by atoms with E-state index in [0.717, 1.165) is 35.2 Å². The Labute approximate surface area is 116 Å². The maximum Gasteiger partial charge on any atom is 0.154 e. The summed E-state index contributed by atoms with van der Waals surface area (Å²) in [5.74, 6) is 1.04. The summed E-state index contributed by atoms with van der Waals surface area (Å²) in [5.41, 5.74) is 0.948. The van der Waals surface area contributed by atoms with Crippen LogP contribution in [0.15, 0.2) is 22.7 Å². The second-order valence-electron chi connectivity index (χ2n) is 4.60. The summed E-state index contributed by atoms with van der Waals surface area (Å²) < 4.78 is 6.27. The number of carbonyl (C=O) groups is 1. The molecule has 18 heavy (non-hydrogen) atoms. The van der Waals surface area contributed by atoms with E-state index in [9.17, 15) is 4.79 Å². The van der Waals surface area contributed by atoms with Gasteiger partial charge in [0.1, 0.15) is 5.75 Å². The van der Waals surface area contributed by atoms with Gasteiger partial charge in [0.2, 0.25) is 0 Å². The van der Waals surface area contributed by atoms with Gasteiger partial charge in [0.15, 0.2) is 5.78 Å². The molecule has 0 amide bonds. The minimum absolute atomic E-state index is 0.0161. The largest absolute Gasteiger partial charge is 0.496 e. The molecule has 3 nitrogen and oxygen atoms in total. The lowest BCUT2D eigenvalue weighted by molar-refractivity contribution is -0.120. The molecule has 1 heterocycles. The van der Waals surface area contributed by atoms with Gasteiger partial charge >= 0.3 is 0 Å². The number of piperidine rings is 1. The Morgan fingerprint density at radius 3 is 3.00 bits per heavy atom. The monoisotopic (exact) mass is 311 g/mol. The predicted molar refractivity (Wildman–Crippen MR) is 75.0 cm³/mol. The van der Waals surface area contributed by atoms with E-state index in [4.69, 9.17) is 4.74 Å². The fourth-order valence-corrected chi connectivity index (χ4v) is 2.73. The average molecular weight is 312 g/mol. The molecule has 0 saturated carbocycles. The molecule has 1 aromatic rings. The Hall–Kier alpha value is -0.870. The van der Waals surface area contributed by atoms with Gasteiger partial charge in [-0.3, -0.25) is 4.79 Å². The van der Waals surface area contributed by atoms with E-state index in [1.165, 1.54) is 6.42 Å². The third-order valence-electron chi connectivity index (χ3n) is 3.31. The topological polar surface area (TPSA) is 38.3 Å². The van der Waals surface area contributed by atoms with Crippen LogP contribution >= 0.6 is 15.9 Å². The summed E-state index contributed by atoms with van der Waals surface area (Å²) >= 11 is 3.43. The number of ketones is 1. The molecule has 0 bridgehead atoms. The average Bonchev–Trinajstić information content (AvgIpc) is 2.40. The van der Waals surface area contributed by atoms with Gasteiger partial charge in [-0.1, -0.05) is 22.4 Å². The number of hydrogen-bond acceptors (Lipinski definition) is 3. The number of halogens is 1. The van der Waals surface area contributed by atoms with Crippen molar-refractivity contribution < 1.29 is 9.53 Å². The number of nitrogens with one attached hydrogen (secondary N) is 1. The molecule has 4 heteroatoms. The zero-order chi connectivity index (χ0) is 13.0. The van der Waals surface area contributed by atoms with Gasteiger partial charge in [0, 0.05) is 16.5 Å². The fraction of sp³-hybridized carbons (Fsp3) is 0.500. The molecule has 0 spiro atoms. The van der Waals surface area contributed by atoms with Crippen molar-refractivity contribution >= 4 is 21.7 Å². The predicted octanol–water partition coefficient (Wildman–Crippen LogP) is 2.71. The SMILES string of the molecule is COc1ccc(Br)cc1CC(=O)C1CCCCN1. The normalized spacial score (nSPS) is 19.6. The lowest BCUT2D eigenvalue weighted by Gasteiger charge is -2.22. The molecule has 2 rings (SSSR count). The van der Waals surface area contributed by atoms with Gasteiger partial charge in [0.05, 0.1) is 13.2 Å². The zero-order valence-corrected chi connectivity index (χ0v) is 12.1. The number of benzene rings is 1. The molecule has 1 aliphatic heterocycles. The molecule has 1 atom stereocenters. The van der Waals surface area contributed by atoms with Crippen LogP contribution in [0.1, 0.15) is 24.8 Å². The summed E-state index contributed by atoms with van der Waals surface area (Å²) in [4.78, 5) is 12.2. The first-order valence-electron chi connectivity index (χ1n) is 6.29. The molecule has 0 radical (unpaired) electrons. The third kappa shape index (κ3) is 3.33. The summed E-state index contributed by atoms with van der Waals surface area (Å²) in [6.07, 6.45) is 3.69. The highest BCUT2D eigenvalue weighted by molar-refractivity contribution is 9.10. The second-order valence-corrected chi connectivity index (χ2v) is 5.52. The molecular weight excluding hydrogens is 294 g/mol. The first-order chi connectivity index (χ1) is 8.70. The smallest absolute Gasteiger partial charge is 0.154 e. The van der Waals surface area contributed by atoms with Crippen LogP contribution in [0, 0.1) is 0 Å². The summed E-state index contributed by atoms with van der Waals surface area (Å²) in [6, 6.07) is 5.79. The summed E-state index contributed by atoms with van der Waals surface area (Å²) in [5, 5.41) is 3.29. The lowest BCUT2D eigenvalue weighted by atomic mass is 9.96. The van der Waals surface area contributed by atoms with Gasteiger partial charge in [0.25, 0.3) is 0 Å². The van der Waals surface area contributed by atoms with Crippen LogP contribution in [-0.4, -0.2) is 25.5 Å². The first kappa shape index (κ1) is 13.6. The lowest BCUT2D eigenvalue weighted by Crippen LogP contribution is -2.41. The van der Waals surface area contributed by atoms with Crippen molar-refractivity contribution in [2.75, 3.05) is 13.7 Å². The second kappa shape index (κ2) is 6.34. The van der Waals surface area contributed by atoms with Crippen molar-refractivity contribution in [3.63, 3.8) is 0 Å². The number of methoxy groups -OCH3 is 1. The van der Waals surface area contributed by atoms with Crippen LogP contribution in [0.5, 0.6) is 5.75 Å². The minimum atomic E-state index is 0.0161. The molecule has 98 valence electrons. The van der Waals surface area contributed by atoms with E-state index < -0.39 is 0 Å². The number of Topliss-reactive ketones (excluding diaryl/α,β-unsaturated/α-hetero) is 1. The maximum atomic E-state index is 12.2. The van der Waals surface area contributed by atoms with Gasteiger partial charge in [-0.15, -0.1) is 0 Å². The molecule has 0 aromatic heterocycles. The summed E-state index contributed by atoms with van der Waals surface area (Å²) in [7, 11) is 1.63. The van der Waals surface area contributed by atoms with E-state index in [1.807, 2.05) is 18.2 Å². The Morgan fingerprint density at radius 1 is 1.50 bits per heavy atom. The van der Waals surface area contributed by atoms with Crippen LogP contribution in [0.2, 0.25) is 0 Å². The first-order valence-corrected chi connectivity index (χ1v) is 7.08. The van der Waals surface area contributed by atoms with Gasteiger partial charge in [-0.25, -0.2) is 0 Å². The molecule has 1 saturated heterocycles. The Morgan fingerprint density at radius 2 is 2.33 bits per heavy atom. The Balaban J connectivity index is 2.07. The number of hydrogen-bond donors (Lipinski definition) is 1. The van der Waals surface area contributed by atoms with Crippen LogP contribution in [0.25, 0.3) is 0 Å². The highest BCUT2D eigenvalue weighted by Gasteiger charge is 2.21. The van der Waals surface area contributed by atoms with Crippen molar-refractivity contribution in [3.05, 3.63) is 28.2 Å². The summed E-state index contributed by atoms with van der Waals surface area (Å²) in [6.45, 7) is 0.950. The molecular formula is C14H18BrNO2. The van der Waals surface area contributed by atoms with Crippen LogP contribution in [0.3, 0.4) is 0 Å². The van der Waals surface area contributed by atoms with Crippen LogP contribution in [0.4, 0.5) is 0 Å². The minimum Gasteiger partial charge on any atom is -0.496 e. The highest BCUT2D eigenvalue weighted by Crippen LogP contribution is 2.24. The van der Waals surface area contributed by atoms with E-state index in [2.05, 4.69) is 21.2 Å². The van der Waals surface area contributed by atoms with E-state index >= 15 is 0 Å². The van der Waals surface area contributed by atoms with Gasteiger partial charge in [-0.2, -0.15) is 0 Å². The highest BCUT2D eigenvalue weighted by atomic mass is 79.9. The van der Waals surface area contributed by atoms with Crippen molar-refractivity contribution in [1.82, 2.24) is 5.32 Å². The number of carbonyl (C=O) groups excluding carboxylic acids is 1. The Kier molecular flexibility index (Phi) is 4.78. The molecule has 1 aliphatic rings. The Bertz CT molecular complexity index is 428. The van der Waals surface area contributed by atoms with Crippen molar-refractivity contribution in [2.24, 2.45) is 0 Å². The van der Waals surface area contributed by atoms with Crippen LogP contribution in [-0.2, 0) is 11.2 Å². The molecule has 1 aromatic carbocycles. The standard InChI is InChI=1S/C14H18BrNO2/c1-18-14-6-5-11(15)8-10(14)9-13(17)12-4-2-3-7-16-12/h5-6,8,12,16H,2-4,7,9H2,1H3. The molecule has 1 fully saturated rings. The fourth-order valence-electron chi connectivity index (χ4n) is 2.32. The van der Waals surface area contributed by atoms with Crippen molar-refractivity contribution in [1.29, 1.82) is 0 Å². The quantitative estimate of drug-likeness (QED) is 0.929. The number of rotatable bonds is 4. The maximum absolute atomic E-state index is 12.2. The van der Waals surface area contributed by atoms with Gasteiger partial charge in [-0.05, 0) is 37.6 Å². The van der Waals surface area contributed by atoms with E-state index in [1.54, 1.807) is 7.11 Å².